The Labute approximate surface area is 229 Å². The van der Waals surface area contributed by atoms with Crippen molar-refractivity contribution in [3.05, 3.63) is 59.7 Å². The number of benzene rings is 3. The van der Waals surface area contributed by atoms with Gasteiger partial charge in [0.2, 0.25) is 6.29 Å². The molecule has 1 aliphatic heterocycles. The lowest BCUT2D eigenvalue weighted by molar-refractivity contribution is -0.276. The second-order valence-electron chi connectivity index (χ2n) is 8.83. The van der Waals surface area contributed by atoms with Crippen molar-refractivity contribution in [2.24, 2.45) is 0 Å². The van der Waals surface area contributed by atoms with Gasteiger partial charge in [-0.05, 0) is 48.5 Å². The maximum Gasteiger partial charge on any atom is 0.338 e. The molecule has 218 valence electrons. The van der Waals surface area contributed by atoms with Crippen LogP contribution in [0.2, 0.25) is 0 Å². The number of phenols is 7. The summed E-state index contributed by atoms with van der Waals surface area (Å²) in [6.45, 7) is -0.759. The SMILES string of the molecule is O=C(OC[C@H]1O[C@@H](Oc2ccc(O)cc2)[C@H](O)[C@H](O)[C@@H]1OC(=O)c1cc(O)c(O)c(O)c1)c1cc(O)c(O)c(O)c1. The molecule has 0 saturated carbocycles. The fourth-order valence-electron chi connectivity index (χ4n) is 3.82. The zero-order chi connectivity index (χ0) is 30.0. The first-order chi connectivity index (χ1) is 19.3. The molecule has 0 spiro atoms. The lowest BCUT2D eigenvalue weighted by Gasteiger charge is -2.41. The van der Waals surface area contributed by atoms with Gasteiger partial charge in [0.1, 0.15) is 36.4 Å². The molecule has 15 nitrogen and oxygen atoms in total. The molecule has 0 aromatic heterocycles. The highest BCUT2D eigenvalue weighted by molar-refractivity contribution is 5.92. The molecule has 0 aliphatic carbocycles. The van der Waals surface area contributed by atoms with E-state index in [9.17, 15) is 55.5 Å². The Hall–Kier alpha value is -5.12. The van der Waals surface area contributed by atoms with E-state index < -0.39 is 94.9 Å². The number of carbonyl (C=O) groups is 2. The quantitative estimate of drug-likeness (QED) is 0.137. The number of carbonyl (C=O) groups excluding carboxylic acids is 2. The predicted molar refractivity (Wildman–Crippen MR) is 132 cm³/mol. The van der Waals surface area contributed by atoms with Crippen LogP contribution in [0.3, 0.4) is 0 Å². The lowest BCUT2D eigenvalue weighted by atomic mass is 9.98. The molecule has 3 aromatic rings. The van der Waals surface area contributed by atoms with Crippen molar-refractivity contribution < 1.29 is 74.5 Å². The average molecular weight is 576 g/mol. The second-order valence-corrected chi connectivity index (χ2v) is 8.83. The van der Waals surface area contributed by atoms with Gasteiger partial charge in [0.15, 0.2) is 40.6 Å². The number of esters is 2. The normalized spacial score (nSPS) is 22.0. The van der Waals surface area contributed by atoms with Crippen LogP contribution in [0.15, 0.2) is 48.5 Å². The molecular formula is C26H24O15. The molecule has 15 heteroatoms. The Balaban J connectivity index is 1.57. The lowest BCUT2D eigenvalue weighted by Crippen LogP contribution is -2.61. The molecular weight excluding hydrogens is 552 g/mol. The summed E-state index contributed by atoms with van der Waals surface area (Å²) < 4.78 is 21.6. The highest BCUT2D eigenvalue weighted by Crippen LogP contribution is 2.37. The van der Waals surface area contributed by atoms with Gasteiger partial charge in [-0.3, -0.25) is 0 Å². The number of aliphatic hydroxyl groups excluding tert-OH is 2. The van der Waals surface area contributed by atoms with Crippen molar-refractivity contribution in [2.75, 3.05) is 6.61 Å². The molecule has 0 radical (unpaired) electrons. The zero-order valence-electron chi connectivity index (χ0n) is 20.7. The van der Waals surface area contributed by atoms with E-state index in [1.165, 1.54) is 24.3 Å². The number of aromatic hydroxyl groups is 7. The van der Waals surface area contributed by atoms with Crippen LogP contribution in [0.25, 0.3) is 0 Å². The van der Waals surface area contributed by atoms with Gasteiger partial charge in [-0.15, -0.1) is 0 Å². The summed E-state index contributed by atoms with van der Waals surface area (Å²) in [4.78, 5) is 25.4. The molecule has 1 aliphatic rings. The Kier molecular flexibility index (Phi) is 8.13. The standard InChI is InChI=1S/C26H24O15/c27-12-1-3-13(4-2-12)39-26-22(35)21(34)23(41-25(37)11-7-16(30)20(33)17(31)8-11)18(40-26)9-38-24(36)10-5-14(28)19(32)15(29)6-10/h1-8,18,21-23,26-35H,9H2/t18-,21+,22-,23-,26-/m1/s1. The van der Waals surface area contributed by atoms with Crippen LogP contribution in [0.5, 0.6) is 46.0 Å². The summed E-state index contributed by atoms with van der Waals surface area (Å²) in [5.74, 6) is -7.51. The van der Waals surface area contributed by atoms with Crippen LogP contribution in [0, 0.1) is 0 Å². The van der Waals surface area contributed by atoms with E-state index in [0.29, 0.717) is 0 Å². The third kappa shape index (κ3) is 6.22. The smallest absolute Gasteiger partial charge is 0.338 e. The van der Waals surface area contributed by atoms with Crippen LogP contribution in [-0.4, -0.2) is 95.2 Å². The van der Waals surface area contributed by atoms with E-state index in [-0.39, 0.29) is 11.5 Å². The number of phenolic OH excluding ortho intramolecular Hbond substituents is 7. The fraction of sp³-hybridized carbons (Fsp3) is 0.231. The van der Waals surface area contributed by atoms with Crippen molar-refractivity contribution in [1.29, 1.82) is 0 Å². The number of hydrogen-bond acceptors (Lipinski definition) is 15. The number of aliphatic hydroxyl groups is 2. The maximum atomic E-state index is 12.8. The van der Waals surface area contributed by atoms with Gasteiger partial charge in [0.25, 0.3) is 0 Å². The number of hydrogen-bond donors (Lipinski definition) is 9. The van der Waals surface area contributed by atoms with Gasteiger partial charge < -0.3 is 64.9 Å². The molecule has 0 bridgehead atoms. The minimum absolute atomic E-state index is 0.0862. The van der Waals surface area contributed by atoms with Crippen molar-refractivity contribution >= 4 is 11.9 Å². The molecule has 0 amide bonds. The first kappa shape index (κ1) is 28.9. The summed E-state index contributed by atoms with van der Waals surface area (Å²) in [5.41, 5.74) is -0.859. The minimum atomic E-state index is -1.92. The van der Waals surface area contributed by atoms with Crippen LogP contribution >= 0.6 is 0 Å². The highest BCUT2D eigenvalue weighted by Gasteiger charge is 2.48. The maximum absolute atomic E-state index is 12.8. The summed E-state index contributed by atoms with van der Waals surface area (Å²) >= 11 is 0. The van der Waals surface area contributed by atoms with E-state index in [4.69, 9.17) is 18.9 Å². The molecule has 1 heterocycles. The van der Waals surface area contributed by atoms with E-state index >= 15 is 0 Å². The van der Waals surface area contributed by atoms with Crippen molar-refractivity contribution in [1.82, 2.24) is 0 Å². The van der Waals surface area contributed by atoms with E-state index in [1.807, 2.05) is 0 Å². The third-order valence-corrected chi connectivity index (χ3v) is 5.96. The van der Waals surface area contributed by atoms with Crippen LogP contribution < -0.4 is 4.74 Å². The first-order valence-electron chi connectivity index (χ1n) is 11.7. The van der Waals surface area contributed by atoms with Crippen molar-refractivity contribution in [2.45, 2.75) is 30.7 Å². The molecule has 9 N–H and O–H groups in total. The Morgan fingerprint density at radius 3 is 1.71 bits per heavy atom. The molecule has 5 atom stereocenters. The van der Waals surface area contributed by atoms with Gasteiger partial charge in [-0.25, -0.2) is 9.59 Å². The highest BCUT2D eigenvalue weighted by atomic mass is 16.7. The average Bonchev–Trinajstić information content (AvgIpc) is 2.93. The van der Waals surface area contributed by atoms with Gasteiger partial charge in [-0.1, -0.05) is 0 Å². The van der Waals surface area contributed by atoms with Gasteiger partial charge in [0, 0.05) is 0 Å². The van der Waals surface area contributed by atoms with Gasteiger partial charge >= 0.3 is 11.9 Å². The van der Waals surface area contributed by atoms with E-state index in [0.717, 1.165) is 24.3 Å². The predicted octanol–water partition coefficient (Wildman–Crippen LogP) is 0.534. The fourth-order valence-corrected chi connectivity index (χ4v) is 3.82. The summed E-state index contributed by atoms with van der Waals surface area (Å²) in [7, 11) is 0. The topological polar surface area (TPSA) is 253 Å². The summed E-state index contributed by atoms with van der Waals surface area (Å²) in [5, 5.41) is 88.7. The summed E-state index contributed by atoms with van der Waals surface area (Å²) in [6.07, 6.45) is -8.65. The monoisotopic (exact) mass is 576 g/mol. The first-order valence-corrected chi connectivity index (χ1v) is 11.7. The largest absolute Gasteiger partial charge is 0.508 e. The second kappa shape index (κ2) is 11.5. The van der Waals surface area contributed by atoms with Crippen molar-refractivity contribution in [3.63, 3.8) is 0 Å². The zero-order valence-corrected chi connectivity index (χ0v) is 20.7. The van der Waals surface area contributed by atoms with Gasteiger partial charge in [0.05, 0.1) is 11.1 Å². The van der Waals surface area contributed by atoms with Crippen molar-refractivity contribution in [3.8, 4) is 46.0 Å². The number of rotatable bonds is 7. The van der Waals surface area contributed by atoms with Crippen LogP contribution in [0.1, 0.15) is 20.7 Å². The molecule has 4 rings (SSSR count). The summed E-state index contributed by atoms with van der Waals surface area (Å²) in [6, 6.07) is 8.33. The Bertz CT molecular complexity index is 1390. The molecule has 3 aromatic carbocycles. The van der Waals surface area contributed by atoms with Crippen LogP contribution in [0.4, 0.5) is 0 Å². The number of ether oxygens (including phenoxy) is 4. The molecule has 0 unspecified atom stereocenters. The van der Waals surface area contributed by atoms with E-state index in [2.05, 4.69) is 0 Å². The molecule has 41 heavy (non-hydrogen) atoms. The van der Waals surface area contributed by atoms with Gasteiger partial charge in [-0.2, -0.15) is 0 Å². The Morgan fingerprint density at radius 2 is 1.20 bits per heavy atom. The molecule has 1 saturated heterocycles. The van der Waals surface area contributed by atoms with Crippen LogP contribution in [-0.2, 0) is 14.2 Å². The minimum Gasteiger partial charge on any atom is -0.508 e. The van der Waals surface area contributed by atoms with E-state index in [1.54, 1.807) is 0 Å². The molecule has 1 fully saturated rings. The third-order valence-electron chi connectivity index (χ3n) is 5.96. The Morgan fingerprint density at radius 1 is 0.707 bits per heavy atom.